The monoisotopic (exact) mass is 399 g/mol. The molecule has 2 unspecified atom stereocenters. The minimum Gasteiger partial charge on any atom is -0.466 e. The molecule has 0 aliphatic rings. The molecule has 1 aromatic rings. The van der Waals surface area contributed by atoms with Gasteiger partial charge < -0.3 is 19.7 Å². The van der Waals surface area contributed by atoms with Gasteiger partial charge in [0, 0.05) is 18.9 Å². The third-order valence-electron chi connectivity index (χ3n) is 3.58. The van der Waals surface area contributed by atoms with Crippen LogP contribution >= 0.6 is 7.37 Å². The van der Waals surface area contributed by atoms with Gasteiger partial charge in [-0.05, 0) is 39.7 Å². The molecule has 152 valence electrons. The Labute approximate surface area is 160 Å². The lowest BCUT2D eigenvalue weighted by atomic mass is 10.0. The number of ether oxygens (including phenoxy) is 2. The van der Waals surface area contributed by atoms with E-state index in [9.17, 15) is 19.0 Å². The summed E-state index contributed by atoms with van der Waals surface area (Å²) >= 11 is 0. The minimum atomic E-state index is -3.64. The summed E-state index contributed by atoms with van der Waals surface area (Å²) in [5.74, 6) is -1.21. The van der Waals surface area contributed by atoms with Gasteiger partial charge in [-0.1, -0.05) is 30.3 Å². The first kappa shape index (κ1) is 23.2. The summed E-state index contributed by atoms with van der Waals surface area (Å²) in [6, 6.07) is 9.28. The van der Waals surface area contributed by atoms with Gasteiger partial charge in [-0.3, -0.25) is 9.36 Å². The molecule has 8 heteroatoms. The average Bonchev–Trinajstić information content (AvgIpc) is 2.53. The van der Waals surface area contributed by atoms with Gasteiger partial charge in [0.2, 0.25) is 7.37 Å². The summed E-state index contributed by atoms with van der Waals surface area (Å²) in [6.45, 7) is 7.09. The number of benzene rings is 1. The number of esters is 1. The first-order chi connectivity index (χ1) is 12.5. The van der Waals surface area contributed by atoms with Crippen LogP contribution < -0.4 is 5.32 Å². The van der Waals surface area contributed by atoms with E-state index in [-0.39, 0.29) is 25.5 Å². The standard InChI is InChI=1S/C19H30NO6P/c1-5-25-17(21)16(13-15-9-7-6-8-10-15)14-27(23,24)12-11-20-18(22)26-19(2,3)4/h6-10,16H,5,11-14H2,1-4H3,(H,20,22)(H,23,24). The lowest BCUT2D eigenvalue weighted by Crippen LogP contribution is -2.34. The summed E-state index contributed by atoms with van der Waals surface area (Å²) in [5.41, 5.74) is 0.250. The van der Waals surface area contributed by atoms with Gasteiger partial charge in [0.1, 0.15) is 5.60 Å². The Morgan fingerprint density at radius 2 is 1.85 bits per heavy atom. The molecule has 1 rings (SSSR count). The number of nitrogens with one attached hydrogen (secondary N) is 1. The van der Waals surface area contributed by atoms with E-state index in [1.165, 1.54) is 0 Å². The van der Waals surface area contributed by atoms with Gasteiger partial charge in [-0.15, -0.1) is 0 Å². The summed E-state index contributed by atoms with van der Waals surface area (Å²) in [6.07, 6.45) is -0.661. The van der Waals surface area contributed by atoms with Crippen LogP contribution in [-0.4, -0.2) is 48.0 Å². The van der Waals surface area contributed by atoms with Crippen molar-refractivity contribution < 1.29 is 28.5 Å². The van der Waals surface area contributed by atoms with E-state index < -0.39 is 31.0 Å². The maximum absolute atomic E-state index is 12.5. The molecule has 0 saturated heterocycles. The lowest BCUT2D eigenvalue weighted by Gasteiger charge is -2.21. The zero-order valence-corrected chi connectivity index (χ0v) is 17.3. The number of amides is 1. The predicted molar refractivity (Wildman–Crippen MR) is 104 cm³/mol. The largest absolute Gasteiger partial charge is 0.466 e. The van der Waals surface area contributed by atoms with E-state index in [4.69, 9.17) is 9.47 Å². The molecular formula is C19H30NO6P. The van der Waals surface area contributed by atoms with Crippen LogP contribution in [0.5, 0.6) is 0 Å². The van der Waals surface area contributed by atoms with Crippen LogP contribution in [0.4, 0.5) is 4.79 Å². The quantitative estimate of drug-likeness (QED) is 0.488. The molecule has 0 aliphatic carbocycles. The first-order valence-corrected chi connectivity index (χ1v) is 11.0. The fourth-order valence-corrected chi connectivity index (χ4v) is 4.07. The Morgan fingerprint density at radius 1 is 1.22 bits per heavy atom. The number of alkyl carbamates (subject to hydrolysis) is 1. The van der Waals surface area contributed by atoms with Crippen LogP contribution in [0, 0.1) is 5.92 Å². The van der Waals surface area contributed by atoms with Crippen molar-refractivity contribution in [2.75, 3.05) is 25.5 Å². The molecule has 1 aromatic carbocycles. The Balaban J connectivity index is 2.65. The predicted octanol–water partition coefficient (Wildman–Crippen LogP) is 3.20. The van der Waals surface area contributed by atoms with Crippen molar-refractivity contribution in [3.63, 3.8) is 0 Å². The fraction of sp³-hybridized carbons (Fsp3) is 0.579. The summed E-state index contributed by atoms with van der Waals surface area (Å²) in [5, 5.41) is 2.46. The number of carbonyl (C=O) groups excluding carboxylic acids is 2. The molecule has 0 spiro atoms. The smallest absolute Gasteiger partial charge is 0.407 e. The highest BCUT2D eigenvalue weighted by Crippen LogP contribution is 2.42. The third kappa shape index (κ3) is 10.2. The molecule has 0 radical (unpaired) electrons. The molecule has 0 saturated carbocycles. The van der Waals surface area contributed by atoms with E-state index >= 15 is 0 Å². The van der Waals surface area contributed by atoms with Crippen LogP contribution in [0.1, 0.15) is 33.3 Å². The number of rotatable bonds is 9. The highest BCUT2D eigenvalue weighted by Gasteiger charge is 2.30. The molecule has 0 heterocycles. The van der Waals surface area contributed by atoms with E-state index in [1.54, 1.807) is 27.7 Å². The van der Waals surface area contributed by atoms with Gasteiger partial charge in [0.05, 0.1) is 12.5 Å². The van der Waals surface area contributed by atoms with Crippen molar-refractivity contribution in [1.82, 2.24) is 5.32 Å². The zero-order valence-electron chi connectivity index (χ0n) is 16.4. The normalized spacial score (nSPS) is 14.7. The number of hydrogen-bond donors (Lipinski definition) is 2. The second-order valence-electron chi connectivity index (χ2n) is 7.32. The van der Waals surface area contributed by atoms with E-state index in [2.05, 4.69) is 5.32 Å². The van der Waals surface area contributed by atoms with E-state index in [1.807, 2.05) is 30.3 Å². The second-order valence-corrected chi connectivity index (χ2v) is 9.82. The van der Waals surface area contributed by atoms with Crippen molar-refractivity contribution in [3.05, 3.63) is 35.9 Å². The highest BCUT2D eigenvalue weighted by molar-refractivity contribution is 7.58. The van der Waals surface area contributed by atoms with Crippen molar-refractivity contribution >= 4 is 19.4 Å². The Hall–Kier alpha value is -1.85. The topological polar surface area (TPSA) is 102 Å². The number of carbonyl (C=O) groups is 2. The maximum Gasteiger partial charge on any atom is 0.407 e. The molecule has 0 fully saturated rings. The summed E-state index contributed by atoms with van der Waals surface area (Å²) in [4.78, 5) is 34.1. The second kappa shape index (κ2) is 10.5. The van der Waals surface area contributed by atoms with Gasteiger partial charge >= 0.3 is 12.1 Å². The Morgan fingerprint density at radius 3 is 2.41 bits per heavy atom. The molecule has 7 nitrogen and oxygen atoms in total. The van der Waals surface area contributed by atoms with Gasteiger partial charge in [-0.2, -0.15) is 0 Å². The zero-order chi connectivity index (χ0) is 20.5. The minimum absolute atomic E-state index is 0.0103. The molecule has 0 bridgehead atoms. The van der Waals surface area contributed by atoms with Crippen LogP contribution in [0.3, 0.4) is 0 Å². The molecule has 1 amide bonds. The lowest BCUT2D eigenvalue weighted by molar-refractivity contribution is -0.147. The third-order valence-corrected chi connectivity index (χ3v) is 5.51. The van der Waals surface area contributed by atoms with Crippen LogP contribution in [0.15, 0.2) is 30.3 Å². The summed E-state index contributed by atoms with van der Waals surface area (Å²) in [7, 11) is -3.64. The van der Waals surface area contributed by atoms with Crippen molar-refractivity contribution in [3.8, 4) is 0 Å². The first-order valence-electron chi connectivity index (χ1n) is 9.00. The van der Waals surface area contributed by atoms with Crippen molar-refractivity contribution in [1.29, 1.82) is 0 Å². The van der Waals surface area contributed by atoms with Gasteiger partial charge in [0.25, 0.3) is 0 Å². The van der Waals surface area contributed by atoms with Gasteiger partial charge in [-0.25, -0.2) is 4.79 Å². The van der Waals surface area contributed by atoms with Crippen LogP contribution in [0.2, 0.25) is 0 Å². The Bertz CT molecular complexity index is 656. The Kier molecular flexibility index (Phi) is 9.00. The van der Waals surface area contributed by atoms with Crippen LogP contribution in [-0.2, 0) is 25.3 Å². The maximum atomic E-state index is 12.5. The SMILES string of the molecule is CCOC(=O)C(Cc1ccccc1)CP(=O)(O)CCNC(=O)OC(C)(C)C. The molecule has 27 heavy (non-hydrogen) atoms. The molecular weight excluding hydrogens is 369 g/mol. The van der Waals surface area contributed by atoms with E-state index in [0.29, 0.717) is 6.42 Å². The van der Waals surface area contributed by atoms with Crippen LogP contribution in [0.25, 0.3) is 0 Å². The molecule has 2 atom stereocenters. The van der Waals surface area contributed by atoms with Crippen molar-refractivity contribution in [2.45, 2.75) is 39.7 Å². The van der Waals surface area contributed by atoms with Crippen molar-refractivity contribution in [2.24, 2.45) is 5.92 Å². The number of hydrogen-bond acceptors (Lipinski definition) is 5. The van der Waals surface area contributed by atoms with E-state index in [0.717, 1.165) is 5.56 Å². The summed E-state index contributed by atoms with van der Waals surface area (Å²) < 4.78 is 22.7. The average molecular weight is 399 g/mol. The molecule has 0 aliphatic heterocycles. The highest BCUT2D eigenvalue weighted by atomic mass is 31.2. The molecule has 0 aromatic heterocycles. The van der Waals surface area contributed by atoms with Gasteiger partial charge in [0.15, 0.2) is 0 Å². The fourth-order valence-electron chi connectivity index (χ4n) is 2.46. The molecule has 2 N–H and O–H groups in total.